The number of rotatable bonds is 1. The van der Waals surface area contributed by atoms with Gasteiger partial charge in [-0.3, -0.25) is 10.2 Å². The molecule has 5 atom stereocenters. The van der Waals surface area contributed by atoms with Gasteiger partial charge in [-0.2, -0.15) is 10.2 Å². The van der Waals surface area contributed by atoms with Gasteiger partial charge in [0.2, 0.25) is 0 Å². The Kier molecular flexibility index (Phi) is 3.05. The molecule has 3 heterocycles. The van der Waals surface area contributed by atoms with Crippen LogP contribution in [-0.4, -0.2) is 20.4 Å². The second-order valence-corrected chi connectivity index (χ2v) is 9.06. The summed E-state index contributed by atoms with van der Waals surface area (Å²) < 4.78 is 30.5. The molecule has 0 radical (unpaired) electrons. The second kappa shape index (κ2) is 5.50. The number of aromatic amines is 2. The van der Waals surface area contributed by atoms with Crippen LogP contribution in [0.3, 0.4) is 0 Å². The lowest BCUT2D eigenvalue weighted by Crippen LogP contribution is -2.36. The summed E-state index contributed by atoms with van der Waals surface area (Å²) in [6.07, 6.45) is 5.18. The summed E-state index contributed by atoms with van der Waals surface area (Å²) in [4.78, 5) is 0. The molecule has 30 heavy (non-hydrogen) atoms. The maximum absolute atomic E-state index is 15.3. The van der Waals surface area contributed by atoms with E-state index in [4.69, 9.17) is 5.73 Å². The molecule has 7 rings (SSSR count). The molecule has 5 N–H and O–H groups in total. The molecule has 3 aliphatic rings. The maximum atomic E-state index is 15.3. The summed E-state index contributed by atoms with van der Waals surface area (Å²) in [6.45, 7) is 0. The van der Waals surface area contributed by atoms with E-state index in [1.165, 1.54) is 12.1 Å². The first kappa shape index (κ1) is 16.6. The van der Waals surface area contributed by atoms with Gasteiger partial charge in [-0.1, -0.05) is 0 Å². The van der Waals surface area contributed by atoms with E-state index in [0.717, 1.165) is 30.2 Å². The molecule has 2 aromatic heterocycles. The van der Waals surface area contributed by atoms with Gasteiger partial charge in [0.15, 0.2) is 5.82 Å². The highest BCUT2D eigenvalue weighted by molar-refractivity contribution is 5.91. The minimum Gasteiger partial charge on any atom is -0.382 e. The molecule has 0 amide bonds. The van der Waals surface area contributed by atoms with Crippen molar-refractivity contribution < 1.29 is 8.78 Å². The monoisotopic (exact) mass is 406 g/mol. The van der Waals surface area contributed by atoms with Crippen LogP contribution >= 0.6 is 0 Å². The van der Waals surface area contributed by atoms with Crippen LogP contribution in [0.5, 0.6) is 0 Å². The van der Waals surface area contributed by atoms with Crippen molar-refractivity contribution in [3.05, 3.63) is 47.2 Å². The first-order chi connectivity index (χ1) is 14.6. The number of H-pyrrole nitrogens is 2. The normalized spacial score (nSPS) is 29.3. The Hall–Kier alpha value is -3.16. The number of fused-ring (bicyclic) bond motifs is 10. The summed E-state index contributed by atoms with van der Waals surface area (Å²) >= 11 is 0. The summed E-state index contributed by atoms with van der Waals surface area (Å²) in [6, 6.07) is 4.40. The summed E-state index contributed by atoms with van der Waals surface area (Å²) in [5, 5.41) is 18.9. The van der Waals surface area contributed by atoms with Crippen LogP contribution in [0.2, 0.25) is 0 Å². The van der Waals surface area contributed by atoms with E-state index < -0.39 is 0 Å². The molecule has 152 valence electrons. The minimum absolute atomic E-state index is 0.192. The molecule has 2 aliphatic carbocycles. The second-order valence-electron chi connectivity index (χ2n) is 9.06. The Morgan fingerprint density at radius 1 is 0.967 bits per heavy atom. The van der Waals surface area contributed by atoms with E-state index >= 15 is 8.78 Å². The predicted octanol–water partition coefficient (Wildman–Crippen LogP) is 4.60. The van der Waals surface area contributed by atoms with Crippen molar-refractivity contribution in [1.29, 1.82) is 0 Å². The summed E-state index contributed by atoms with van der Waals surface area (Å²) in [5.41, 5.74) is 9.31. The van der Waals surface area contributed by atoms with Crippen molar-refractivity contribution >= 4 is 33.3 Å². The third-order valence-electron chi connectivity index (χ3n) is 7.78. The van der Waals surface area contributed by atoms with Crippen molar-refractivity contribution in [1.82, 2.24) is 20.4 Å². The summed E-state index contributed by atoms with van der Waals surface area (Å²) in [5.74, 6) is 1.09. The molecule has 2 saturated carbocycles. The average Bonchev–Trinajstić information content (AvgIpc) is 3.51. The zero-order valence-electron chi connectivity index (χ0n) is 16.0. The quantitative estimate of drug-likeness (QED) is 0.372. The Morgan fingerprint density at radius 2 is 1.77 bits per heavy atom. The largest absolute Gasteiger partial charge is 0.382 e. The van der Waals surface area contributed by atoms with E-state index in [-0.39, 0.29) is 29.5 Å². The highest BCUT2D eigenvalue weighted by Gasteiger charge is 2.55. The van der Waals surface area contributed by atoms with Crippen LogP contribution < -0.4 is 11.1 Å². The van der Waals surface area contributed by atoms with Gasteiger partial charge < -0.3 is 11.1 Å². The van der Waals surface area contributed by atoms with Gasteiger partial charge in [0.05, 0.1) is 29.0 Å². The molecule has 2 bridgehead atoms. The van der Waals surface area contributed by atoms with Gasteiger partial charge in [-0.25, -0.2) is 8.78 Å². The third kappa shape index (κ3) is 1.96. The Bertz CT molecular complexity index is 1340. The van der Waals surface area contributed by atoms with Crippen LogP contribution in [0.25, 0.3) is 21.8 Å². The zero-order valence-corrected chi connectivity index (χ0v) is 16.0. The Morgan fingerprint density at radius 3 is 2.67 bits per heavy atom. The highest BCUT2D eigenvalue weighted by Crippen LogP contribution is 2.65. The number of hydrogen-bond donors (Lipinski definition) is 4. The fourth-order valence-corrected chi connectivity index (χ4v) is 6.67. The number of nitrogens with zero attached hydrogens (tertiary/aromatic N) is 2. The standard InChI is InChI=1S/C22H20F2N6/c23-13-5-15-11(22(25)30-29-15)4-10(13)20-18-9-2-1-8(3-9)17(18)19-12-7-26-28-16(12)6-14(24)21(19)27-20/h4-9,17-18,20,27H,1-3H2,(H,26,28)(H3,25,29,30). The van der Waals surface area contributed by atoms with Crippen LogP contribution in [0.1, 0.15) is 42.3 Å². The summed E-state index contributed by atoms with van der Waals surface area (Å²) in [7, 11) is 0. The third-order valence-corrected chi connectivity index (χ3v) is 7.78. The number of aromatic nitrogens is 4. The number of halogens is 2. The Labute approximate surface area is 170 Å². The van der Waals surface area contributed by atoms with Crippen molar-refractivity contribution in [3.8, 4) is 0 Å². The minimum atomic E-state index is -0.322. The molecule has 0 saturated heterocycles. The van der Waals surface area contributed by atoms with Gasteiger partial charge in [-0.15, -0.1) is 0 Å². The van der Waals surface area contributed by atoms with E-state index in [1.54, 1.807) is 12.3 Å². The van der Waals surface area contributed by atoms with Crippen LogP contribution in [0, 0.1) is 29.4 Å². The lowest BCUT2D eigenvalue weighted by atomic mass is 9.67. The van der Waals surface area contributed by atoms with Crippen LogP contribution in [0.4, 0.5) is 20.3 Å². The van der Waals surface area contributed by atoms with Gasteiger partial charge in [0.25, 0.3) is 0 Å². The number of nitrogen functional groups attached to an aromatic ring is 1. The van der Waals surface area contributed by atoms with Crippen molar-refractivity contribution in [3.63, 3.8) is 0 Å². The lowest BCUT2D eigenvalue weighted by Gasteiger charge is -2.44. The average molecular weight is 406 g/mol. The van der Waals surface area contributed by atoms with E-state index in [1.807, 2.05) is 0 Å². The molecule has 0 spiro atoms. The smallest absolute Gasteiger partial charge is 0.153 e. The first-order valence-electron chi connectivity index (χ1n) is 10.4. The molecular weight excluding hydrogens is 386 g/mol. The fourth-order valence-electron chi connectivity index (χ4n) is 6.67. The van der Waals surface area contributed by atoms with Crippen molar-refractivity contribution in [2.24, 2.45) is 17.8 Å². The molecule has 4 aromatic rings. The predicted molar refractivity (Wildman–Crippen MR) is 110 cm³/mol. The molecule has 2 fully saturated rings. The number of nitrogens with one attached hydrogen (secondary N) is 3. The van der Waals surface area contributed by atoms with Gasteiger partial charge in [0.1, 0.15) is 11.6 Å². The van der Waals surface area contributed by atoms with Crippen LogP contribution in [0.15, 0.2) is 24.4 Å². The Balaban J connectivity index is 1.48. The van der Waals surface area contributed by atoms with Gasteiger partial charge >= 0.3 is 0 Å². The molecule has 2 aromatic carbocycles. The molecule has 8 heteroatoms. The van der Waals surface area contributed by atoms with E-state index in [0.29, 0.717) is 45.3 Å². The number of anilines is 2. The number of benzene rings is 2. The molecular formula is C22H20F2N6. The van der Waals surface area contributed by atoms with E-state index in [9.17, 15) is 0 Å². The van der Waals surface area contributed by atoms with Gasteiger partial charge in [0, 0.05) is 22.4 Å². The number of nitrogens with two attached hydrogens (primary N) is 1. The molecule has 1 aliphatic heterocycles. The molecule has 6 nitrogen and oxygen atoms in total. The van der Waals surface area contributed by atoms with Crippen molar-refractivity contribution in [2.75, 3.05) is 11.1 Å². The van der Waals surface area contributed by atoms with E-state index in [2.05, 4.69) is 25.7 Å². The fraction of sp³-hybridized carbons (Fsp3) is 0.364. The topological polar surface area (TPSA) is 95.4 Å². The first-order valence-corrected chi connectivity index (χ1v) is 10.4. The number of hydrogen-bond acceptors (Lipinski definition) is 4. The zero-order chi connectivity index (χ0) is 20.1. The molecule has 5 unspecified atom stereocenters. The maximum Gasteiger partial charge on any atom is 0.153 e. The lowest BCUT2D eigenvalue weighted by molar-refractivity contribution is 0.245. The SMILES string of the molecule is Nc1n[nH]c2cc(F)c(C3Nc4c(F)cc5[nH]ncc5c4C4C5CCC(C5)C34)cc12. The van der Waals surface area contributed by atoms with Crippen molar-refractivity contribution in [2.45, 2.75) is 31.2 Å². The van der Waals surface area contributed by atoms with Crippen LogP contribution in [-0.2, 0) is 0 Å². The van der Waals surface area contributed by atoms with Gasteiger partial charge in [-0.05, 0) is 60.6 Å². The highest BCUT2D eigenvalue weighted by atomic mass is 19.1.